The highest BCUT2D eigenvalue weighted by Gasteiger charge is 2.16. The van der Waals surface area contributed by atoms with Gasteiger partial charge in [0, 0.05) is 6.54 Å². The molecule has 0 amide bonds. The van der Waals surface area contributed by atoms with Gasteiger partial charge in [-0.2, -0.15) is 5.26 Å². The molecule has 1 rings (SSSR count). The highest BCUT2D eigenvalue weighted by Crippen LogP contribution is 2.11. The van der Waals surface area contributed by atoms with Crippen molar-refractivity contribution < 1.29 is 18.3 Å². The van der Waals surface area contributed by atoms with Crippen molar-refractivity contribution in [1.29, 1.82) is 5.26 Å². The summed E-state index contributed by atoms with van der Waals surface area (Å²) in [6.45, 7) is 1.49. The van der Waals surface area contributed by atoms with Crippen LogP contribution in [-0.2, 0) is 14.6 Å². The predicted molar refractivity (Wildman–Crippen MR) is 68.3 cm³/mol. The molecular formula is C12H14N2O4S. The van der Waals surface area contributed by atoms with E-state index in [0.29, 0.717) is 5.56 Å². The summed E-state index contributed by atoms with van der Waals surface area (Å²) in [6.07, 6.45) is 0. The molecule has 0 aliphatic carbocycles. The van der Waals surface area contributed by atoms with Crippen molar-refractivity contribution in [3.05, 3.63) is 29.8 Å². The molecule has 0 aliphatic rings. The zero-order chi connectivity index (χ0) is 14.5. The topological polar surface area (TPSA) is 107 Å². The largest absolute Gasteiger partial charge is 0.480 e. The summed E-state index contributed by atoms with van der Waals surface area (Å²) in [5, 5.41) is 19.9. The van der Waals surface area contributed by atoms with E-state index in [-0.39, 0.29) is 17.2 Å². The lowest BCUT2D eigenvalue weighted by Gasteiger charge is -2.09. The van der Waals surface area contributed by atoms with E-state index >= 15 is 0 Å². The summed E-state index contributed by atoms with van der Waals surface area (Å²) in [4.78, 5) is 10.7. The van der Waals surface area contributed by atoms with E-state index in [9.17, 15) is 13.2 Å². The predicted octanol–water partition coefficient (Wildman–Crippen LogP) is 0.395. The molecule has 1 aromatic carbocycles. The maximum atomic E-state index is 11.9. The maximum absolute atomic E-state index is 11.9. The van der Waals surface area contributed by atoms with Crippen LogP contribution in [0.1, 0.15) is 12.5 Å². The van der Waals surface area contributed by atoms with E-state index in [4.69, 9.17) is 10.4 Å². The van der Waals surface area contributed by atoms with Crippen molar-refractivity contribution in [2.24, 2.45) is 0 Å². The Labute approximate surface area is 111 Å². The third kappa shape index (κ3) is 4.35. The Balaban J connectivity index is 2.66. The Hall–Kier alpha value is -1.91. The van der Waals surface area contributed by atoms with Gasteiger partial charge in [0.15, 0.2) is 9.84 Å². The molecule has 1 aromatic rings. The number of sulfone groups is 1. The van der Waals surface area contributed by atoms with Gasteiger partial charge in [-0.25, -0.2) is 8.42 Å². The van der Waals surface area contributed by atoms with E-state index in [1.54, 1.807) is 0 Å². The minimum atomic E-state index is -3.47. The summed E-state index contributed by atoms with van der Waals surface area (Å²) < 4.78 is 23.8. The zero-order valence-corrected chi connectivity index (χ0v) is 11.1. The van der Waals surface area contributed by atoms with E-state index in [1.807, 2.05) is 6.07 Å². The average Bonchev–Trinajstić information content (AvgIpc) is 2.38. The van der Waals surface area contributed by atoms with Crippen molar-refractivity contribution in [3.8, 4) is 6.07 Å². The Bertz CT molecular complexity index is 587. The summed E-state index contributed by atoms with van der Waals surface area (Å²) in [7, 11) is -3.47. The number of carbonyl (C=O) groups is 1. The van der Waals surface area contributed by atoms with Gasteiger partial charge in [0.2, 0.25) is 0 Å². The number of aliphatic carboxylic acids is 1. The fourth-order valence-corrected chi connectivity index (χ4v) is 2.52. The number of nitrogens with one attached hydrogen (secondary N) is 1. The van der Waals surface area contributed by atoms with E-state index in [2.05, 4.69) is 5.32 Å². The molecule has 1 atom stereocenters. The van der Waals surface area contributed by atoms with Crippen molar-refractivity contribution >= 4 is 15.8 Å². The van der Waals surface area contributed by atoms with Crippen LogP contribution in [0.15, 0.2) is 29.2 Å². The van der Waals surface area contributed by atoms with Gasteiger partial charge in [-0.1, -0.05) is 0 Å². The van der Waals surface area contributed by atoms with Gasteiger partial charge in [-0.05, 0) is 31.2 Å². The lowest BCUT2D eigenvalue weighted by atomic mass is 10.2. The first kappa shape index (κ1) is 15.1. The number of carboxylic acid groups (broad SMARTS) is 1. The number of nitriles is 1. The molecular weight excluding hydrogens is 268 g/mol. The van der Waals surface area contributed by atoms with Crippen LogP contribution in [-0.4, -0.2) is 37.8 Å². The molecule has 0 aromatic heterocycles. The maximum Gasteiger partial charge on any atom is 0.320 e. The molecule has 102 valence electrons. The second-order valence-electron chi connectivity index (χ2n) is 3.97. The number of rotatable bonds is 6. The fourth-order valence-electron chi connectivity index (χ4n) is 1.35. The minimum Gasteiger partial charge on any atom is -0.480 e. The number of hydrogen-bond acceptors (Lipinski definition) is 5. The van der Waals surface area contributed by atoms with Crippen LogP contribution in [0.5, 0.6) is 0 Å². The molecule has 0 fully saturated rings. The molecule has 2 N–H and O–H groups in total. The molecule has 0 bridgehead atoms. The Kier molecular flexibility index (Phi) is 5.03. The third-order valence-corrected chi connectivity index (χ3v) is 4.27. The van der Waals surface area contributed by atoms with Crippen molar-refractivity contribution in [2.75, 3.05) is 12.3 Å². The molecule has 0 spiro atoms. The fraction of sp³-hybridized carbons (Fsp3) is 0.333. The van der Waals surface area contributed by atoms with Gasteiger partial charge in [0.05, 0.1) is 22.3 Å². The van der Waals surface area contributed by atoms with Crippen LogP contribution < -0.4 is 5.32 Å². The summed E-state index contributed by atoms with van der Waals surface area (Å²) in [6, 6.07) is 6.71. The van der Waals surface area contributed by atoms with Gasteiger partial charge >= 0.3 is 5.97 Å². The first-order valence-electron chi connectivity index (χ1n) is 5.56. The summed E-state index contributed by atoms with van der Waals surface area (Å²) in [5.74, 6) is -1.23. The van der Waals surface area contributed by atoms with E-state index in [1.165, 1.54) is 31.2 Å². The molecule has 7 heteroatoms. The van der Waals surface area contributed by atoms with Gasteiger partial charge in [0.25, 0.3) is 0 Å². The van der Waals surface area contributed by atoms with Crippen molar-refractivity contribution in [3.63, 3.8) is 0 Å². The van der Waals surface area contributed by atoms with Gasteiger partial charge in [-0.15, -0.1) is 0 Å². The highest BCUT2D eigenvalue weighted by atomic mass is 32.2. The first-order chi connectivity index (χ1) is 8.86. The molecule has 19 heavy (non-hydrogen) atoms. The first-order valence-corrected chi connectivity index (χ1v) is 7.21. The number of nitrogens with zero attached hydrogens (tertiary/aromatic N) is 1. The van der Waals surface area contributed by atoms with Gasteiger partial charge < -0.3 is 10.4 Å². The molecule has 0 aliphatic heterocycles. The third-order valence-electron chi connectivity index (χ3n) is 2.53. The van der Waals surface area contributed by atoms with Crippen LogP contribution in [0.2, 0.25) is 0 Å². The van der Waals surface area contributed by atoms with Crippen LogP contribution >= 0.6 is 0 Å². The monoisotopic (exact) mass is 282 g/mol. The quantitative estimate of drug-likeness (QED) is 0.781. The SMILES string of the molecule is C[C@H](NCCS(=O)(=O)c1ccc(C#N)cc1)C(=O)O. The standard InChI is InChI=1S/C12H14N2O4S/c1-9(12(15)16)14-6-7-19(17,18)11-4-2-10(8-13)3-5-11/h2-5,9,14H,6-7H2,1H3,(H,15,16)/t9-/m0/s1. The zero-order valence-electron chi connectivity index (χ0n) is 10.3. The Morgan fingerprint density at radius 2 is 2.00 bits per heavy atom. The van der Waals surface area contributed by atoms with Gasteiger partial charge in [0.1, 0.15) is 6.04 Å². The highest BCUT2D eigenvalue weighted by molar-refractivity contribution is 7.91. The van der Waals surface area contributed by atoms with Crippen LogP contribution in [0.4, 0.5) is 0 Å². The average molecular weight is 282 g/mol. The van der Waals surface area contributed by atoms with Crippen molar-refractivity contribution in [2.45, 2.75) is 17.9 Å². The molecule has 0 radical (unpaired) electrons. The summed E-state index contributed by atoms with van der Waals surface area (Å²) in [5.41, 5.74) is 0.386. The van der Waals surface area contributed by atoms with Gasteiger partial charge in [-0.3, -0.25) is 4.79 Å². The molecule has 0 unspecified atom stereocenters. The number of hydrogen-bond donors (Lipinski definition) is 2. The van der Waals surface area contributed by atoms with E-state index in [0.717, 1.165) is 0 Å². The smallest absolute Gasteiger partial charge is 0.320 e. The van der Waals surface area contributed by atoms with Crippen LogP contribution in [0, 0.1) is 11.3 Å². The van der Waals surface area contributed by atoms with Crippen molar-refractivity contribution in [1.82, 2.24) is 5.32 Å². The lowest BCUT2D eigenvalue weighted by Crippen LogP contribution is -2.36. The molecule has 0 saturated carbocycles. The second kappa shape index (κ2) is 6.31. The molecule has 6 nitrogen and oxygen atoms in total. The molecule has 0 heterocycles. The second-order valence-corrected chi connectivity index (χ2v) is 6.08. The molecule has 0 saturated heterocycles. The Morgan fingerprint density at radius 1 is 1.42 bits per heavy atom. The lowest BCUT2D eigenvalue weighted by molar-refractivity contribution is -0.138. The van der Waals surface area contributed by atoms with Crippen LogP contribution in [0.25, 0.3) is 0 Å². The summed E-state index contributed by atoms with van der Waals surface area (Å²) >= 11 is 0. The number of benzene rings is 1. The number of carboxylic acids is 1. The minimum absolute atomic E-state index is 0.0514. The Morgan fingerprint density at radius 3 is 2.47 bits per heavy atom. The normalized spacial score (nSPS) is 12.6. The van der Waals surface area contributed by atoms with Crippen LogP contribution in [0.3, 0.4) is 0 Å². The van der Waals surface area contributed by atoms with E-state index < -0.39 is 21.8 Å².